The van der Waals surface area contributed by atoms with Crippen molar-refractivity contribution in [2.75, 3.05) is 41.0 Å². The number of aliphatic carboxylic acids is 1. The first-order valence-corrected chi connectivity index (χ1v) is 18.7. The number of carboxylic acids is 1. The standard InChI is InChI=1S/C40H69NO7/c1-6-8-10-12-14-16-17-18-19-20-21-22-23-25-27-29-31-39(43)48-36(34-46-33-32-37(40(44)45)41(3,4)5)35-47-38(42)30-28-26-24-15-13-11-9-7-2/h8,10,14,16,18-19,21-22,36-37H,6-7,9,11-13,15,17,20,23-35H2,1-5H3/b10-8+,16-14+,19-18+,22-21+. The van der Waals surface area contributed by atoms with Gasteiger partial charge < -0.3 is 28.6 Å². The Kier molecular flexibility index (Phi) is 29.8. The highest BCUT2D eigenvalue weighted by Gasteiger charge is 2.25. The second-order valence-corrected chi connectivity index (χ2v) is 13.4. The summed E-state index contributed by atoms with van der Waals surface area (Å²) in [6.07, 6.45) is 34.3. The fourth-order valence-electron chi connectivity index (χ4n) is 5.06. The maximum Gasteiger partial charge on any atom is 0.306 e. The van der Waals surface area contributed by atoms with Gasteiger partial charge in [-0.05, 0) is 51.4 Å². The summed E-state index contributed by atoms with van der Waals surface area (Å²) in [5.41, 5.74) is 0. The largest absolute Gasteiger partial charge is 0.544 e. The molecule has 0 radical (unpaired) electrons. The second kappa shape index (κ2) is 31.6. The smallest absolute Gasteiger partial charge is 0.306 e. The Bertz CT molecular complexity index is 932. The van der Waals surface area contributed by atoms with Crippen molar-refractivity contribution in [2.24, 2.45) is 0 Å². The molecule has 2 unspecified atom stereocenters. The predicted octanol–water partition coefficient (Wildman–Crippen LogP) is 7.96. The molecule has 0 aromatic rings. The highest BCUT2D eigenvalue weighted by Crippen LogP contribution is 2.12. The van der Waals surface area contributed by atoms with Gasteiger partial charge in [0.2, 0.25) is 0 Å². The average molecular weight is 676 g/mol. The van der Waals surface area contributed by atoms with E-state index in [2.05, 4.69) is 62.5 Å². The number of ether oxygens (including phenoxy) is 3. The molecule has 0 aromatic heterocycles. The normalized spacial score (nSPS) is 13.6. The first kappa shape index (κ1) is 45.3. The molecule has 0 aliphatic heterocycles. The van der Waals surface area contributed by atoms with Crippen LogP contribution in [-0.4, -0.2) is 75.5 Å². The third-order valence-corrected chi connectivity index (χ3v) is 7.98. The zero-order valence-corrected chi connectivity index (χ0v) is 31.1. The molecule has 0 rings (SSSR count). The van der Waals surface area contributed by atoms with E-state index < -0.39 is 18.1 Å². The Morgan fingerprint density at radius 3 is 1.73 bits per heavy atom. The van der Waals surface area contributed by atoms with Crippen LogP contribution in [0.1, 0.15) is 136 Å². The number of carbonyl (C=O) groups is 3. The maximum atomic E-state index is 12.6. The van der Waals surface area contributed by atoms with Crippen molar-refractivity contribution in [2.45, 2.75) is 148 Å². The van der Waals surface area contributed by atoms with Crippen LogP contribution < -0.4 is 5.11 Å². The van der Waals surface area contributed by atoms with E-state index in [9.17, 15) is 19.5 Å². The molecule has 8 heteroatoms. The summed E-state index contributed by atoms with van der Waals surface area (Å²) in [7, 11) is 5.37. The van der Waals surface area contributed by atoms with Gasteiger partial charge in [0.1, 0.15) is 12.6 Å². The summed E-state index contributed by atoms with van der Waals surface area (Å²) in [5.74, 6) is -1.79. The molecule has 276 valence electrons. The van der Waals surface area contributed by atoms with Crippen LogP contribution in [-0.2, 0) is 28.6 Å². The Balaban J connectivity index is 4.48. The van der Waals surface area contributed by atoms with Gasteiger partial charge in [0.25, 0.3) is 0 Å². The van der Waals surface area contributed by atoms with E-state index >= 15 is 0 Å². The molecule has 0 aromatic carbocycles. The Hall–Kier alpha value is -2.71. The molecule has 0 fully saturated rings. The number of carboxylic acid groups (broad SMARTS) is 1. The van der Waals surface area contributed by atoms with Crippen molar-refractivity contribution in [3.8, 4) is 0 Å². The van der Waals surface area contributed by atoms with Crippen molar-refractivity contribution in [1.29, 1.82) is 0 Å². The van der Waals surface area contributed by atoms with Crippen LogP contribution in [0.2, 0.25) is 0 Å². The van der Waals surface area contributed by atoms with Crippen LogP contribution in [0.15, 0.2) is 48.6 Å². The number of esters is 2. The molecule has 0 N–H and O–H groups in total. The lowest BCUT2D eigenvalue weighted by Crippen LogP contribution is -2.55. The van der Waals surface area contributed by atoms with Crippen molar-refractivity contribution in [3.63, 3.8) is 0 Å². The molecule has 0 saturated carbocycles. The summed E-state index contributed by atoms with van der Waals surface area (Å²) in [4.78, 5) is 36.5. The number of allylic oxidation sites excluding steroid dienone is 8. The predicted molar refractivity (Wildman–Crippen MR) is 194 cm³/mol. The van der Waals surface area contributed by atoms with Gasteiger partial charge in [0.15, 0.2) is 6.10 Å². The number of likely N-dealkylation sites (N-methyl/N-ethyl adjacent to an activating group) is 1. The third-order valence-electron chi connectivity index (χ3n) is 7.98. The molecule has 0 heterocycles. The van der Waals surface area contributed by atoms with E-state index in [-0.39, 0.29) is 49.1 Å². The number of rotatable bonds is 32. The molecule has 0 spiro atoms. The Morgan fingerprint density at radius 1 is 0.646 bits per heavy atom. The summed E-state index contributed by atoms with van der Waals surface area (Å²) in [5, 5.41) is 11.6. The molecule has 8 nitrogen and oxygen atoms in total. The monoisotopic (exact) mass is 676 g/mol. The molecular weight excluding hydrogens is 606 g/mol. The van der Waals surface area contributed by atoms with E-state index in [1.54, 1.807) is 21.1 Å². The Labute approximate surface area is 293 Å². The second-order valence-electron chi connectivity index (χ2n) is 13.4. The third kappa shape index (κ3) is 29.4. The lowest BCUT2D eigenvalue weighted by atomic mass is 10.1. The van der Waals surface area contributed by atoms with E-state index in [0.717, 1.165) is 70.6 Å². The quantitative estimate of drug-likeness (QED) is 0.0309. The molecule has 2 atom stereocenters. The van der Waals surface area contributed by atoms with Gasteiger partial charge in [0.05, 0.1) is 40.3 Å². The fraction of sp³-hybridized carbons (Fsp3) is 0.725. The average Bonchev–Trinajstić information content (AvgIpc) is 3.03. The zero-order valence-electron chi connectivity index (χ0n) is 31.1. The van der Waals surface area contributed by atoms with Gasteiger partial charge >= 0.3 is 11.9 Å². The zero-order chi connectivity index (χ0) is 35.7. The summed E-state index contributed by atoms with van der Waals surface area (Å²) in [6.45, 7) is 4.45. The lowest BCUT2D eigenvalue weighted by molar-refractivity contribution is -0.889. The first-order chi connectivity index (χ1) is 23.1. The molecule has 0 bridgehead atoms. The summed E-state index contributed by atoms with van der Waals surface area (Å²) < 4.78 is 17.0. The SMILES string of the molecule is CC/C=C/C/C=C/C/C=C/C/C=C/CCCCCC(=O)OC(COCCC(C(=O)[O-])[N+](C)(C)C)COC(=O)CCCCCCCCCC. The number of unbranched alkanes of at least 4 members (excludes halogenated alkanes) is 10. The van der Waals surface area contributed by atoms with Crippen LogP contribution in [0, 0.1) is 0 Å². The van der Waals surface area contributed by atoms with Crippen molar-refractivity contribution in [3.05, 3.63) is 48.6 Å². The molecule has 0 saturated heterocycles. The van der Waals surface area contributed by atoms with Gasteiger partial charge in [-0.15, -0.1) is 0 Å². The van der Waals surface area contributed by atoms with E-state index in [0.29, 0.717) is 6.42 Å². The number of carbonyl (C=O) groups excluding carboxylic acids is 3. The van der Waals surface area contributed by atoms with E-state index in [1.165, 1.54) is 32.1 Å². The molecule has 48 heavy (non-hydrogen) atoms. The van der Waals surface area contributed by atoms with Crippen molar-refractivity contribution >= 4 is 17.9 Å². The van der Waals surface area contributed by atoms with Crippen LogP contribution in [0.5, 0.6) is 0 Å². The van der Waals surface area contributed by atoms with E-state index in [1.807, 2.05) is 0 Å². The highest BCUT2D eigenvalue weighted by molar-refractivity contribution is 5.70. The van der Waals surface area contributed by atoms with Gasteiger partial charge in [-0.25, -0.2) is 0 Å². The molecule has 0 amide bonds. The Morgan fingerprint density at radius 2 is 1.17 bits per heavy atom. The van der Waals surface area contributed by atoms with Crippen LogP contribution in [0.25, 0.3) is 0 Å². The van der Waals surface area contributed by atoms with Crippen LogP contribution in [0.4, 0.5) is 0 Å². The first-order valence-electron chi connectivity index (χ1n) is 18.7. The number of hydrogen-bond donors (Lipinski definition) is 0. The minimum Gasteiger partial charge on any atom is -0.544 e. The molecular formula is C40H69NO7. The van der Waals surface area contributed by atoms with Crippen molar-refractivity contribution in [1.82, 2.24) is 0 Å². The van der Waals surface area contributed by atoms with Gasteiger partial charge in [-0.1, -0.05) is 114 Å². The fourth-order valence-corrected chi connectivity index (χ4v) is 5.06. The summed E-state index contributed by atoms with van der Waals surface area (Å²) in [6, 6.07) is -0.729. The summed E-state index contributed by atoms with van der Waals surface area (Å²) >= 11 is 0. The minimum atomic E-state index is -1.13. The number of quaternary nitrogens is 1. The van der Waals surface area contributed by atoms with Gasteiger partial charge in [0, 0.05) is 19.3 Å². The minimum absolute atomic E-state index is 0.0273. The molecule has 0 aliphatic carbocycles. The highest BCUT2D eigenvalue weighted by atomic mass is 16.6. The van der Waals surface area contributed by atoms with Gasteiger partial charge in [-0.2, -0.15) is 0 Å². The van der Waals surface area contributed by atoms with Crippen LogP contribution in [0.3, 0.4) is 0 Å². The maximum absolute atomic E-state index is 12.6. The number of nitrogens with zero attached hydrogens (tertiary/aromatic N) is 1. The van der Waals surface area contributed by atoms with Crippen molar-refractivity contribution < 1.29 is 38.2 Å². The van der Waals surface area contributed by atoms with E-state index in [4.69, 9.17) is 14.2 Å². The topological polar surface area (TPSA) is 102 Å². The van der Waals surface area contributed by atoms with Gasteiger partial charge in [-0.3, -0.25) is 9.59 Å². The molecule has 0 aliphatic rings. The van der Waals surface area contributed by atoms with Crippen LogP contribution >= 0.6 is 0 Å². The number of hydrogen-bond acceptors (Lipinski definition) is 7. The lowest BCUT2D eigenvalue weighted by Gasteiger charge is -2.34.